The molecule has 1 amide bonds. The largest absolute Gasteiger partial charge is 0.493 e. The lowest BCUT2D eigenvalue weighted by atomic mass is 10.2. The van der Waals surface area contributed by atoms with Gasteiger partial charge in [0.2, 0.25) is 5.75 Å². The fourth-order valence-electron chi connectivity index (χ4n) is 1.93. The maximum Gasteiger partial charge on any atom is 0.291 e. The van der Waals surface area contributed by atoms with Crippen LogP contribution in [0.25, 0.3) is 0 Å². The summed E-state index contributed by atoms with van der Waals surface area (Å²) in [5.41, 5.74) is 3.37. The van der Waals surface area contributed by atoms with Crippen LogP contribution in [0.3, 0.4) is 0 Å². The zero-order valence-electron chi connectivity index (χ0n) is 13.4. The molecule has 2 aromatic rings. The highest BCUT2D eigenvalue weighted by Crippen LogP contribution is 2.37. The second-order valence-electron chi connectivity index (χ2n) is 4.53. The number of amides is 1. The number of rotatable bonds is 6. The summed E-state index contributed by atoms with van der Waals surface area (Å²) in [5.74, 6) is 1.10. The minimum atomic E-state index is -0.394. The fourth-order valence-corrected chi connectivity index (χ4v) is 1.93. The summed E-state index contributed by atoms with van der Waals surface area (Å²) in [5, 5.41) is 7.90. The van der Waals surface area contributed by atoms with E-state index in [1.54, 1.807) is 31.4 Å². The van der Waals surface area contributed by atoms with Gasteiger partial charge in [0, 0.05) is 18.8 Å². The molecule has 0 radical (unpaired) electrons. The van der Waals surface area contributed by atoms with Gasteiger partial charge >= 0.3 is 0 Å². The van der Waals surface area contributed by atoms with E-state index in [1.165, 1.54) is 32.2 Å². The lowest BCUT2D eigenvalue weighted by Gasteiger charge is -2.12. The molecule has 1 heterocycles. The fraction of sp³-hybridized carbons (Fsp3) is 0.267. The predicted octanol–water partition coefficient (Wildman–Crippen LogP) is 1.21. The third-order valence-electron chi connectivity index (χ3n) is 3.01. The quantitative estimate of drug-likeness (QED) is 0.639. The molecule has 0 spiro atoms. The minimum absolute atomic E-state index is 0.287. The number of nitrogens with zero attached hydrogens (tertiary/aromatic N) is 3. The summed E-state index contributed by atoms with van der Waals surface area (Å²) in [7, 11) is 6.32. The number of hydrazone groups is 1. The molecule has 1 aromatic carbocycles. The van der Waals surface area contributed by atoms with Crippen molar-refractivity contribution in [3.05, 3.63) is 35.7 Å². The van der Waals surface area contributed by atoms with Gasteiger partial charge in [0.05, 0.1) is 27.5 Å². The Kier molecular flexibility index (Phi) is 5.19. The highest BCUT2D eigenvalue weighted by molar-refractivity contribution is 5.93. The Morgan fingerprint density at radius 1 is 1.22 bits per heavy atom. The number of methoxy groups -OCH3 is 3. The van der Waals surface area contributed by atoms with Gasteiger partial charge in [0.1, 0.15) is 0 Å². The molecule has 2 rings (SSSR count). The van der Waals surface area contributed by atoms with E-state index in [9.17, 15) is 4.79 Å². The van der Waals surface area contributed by atoms with Crippen LogP contribution in [0, 0.1) is 0 Å². The van der Waals surface area contributed by atoms with Crippen molar-refractivity contribution in [3.8, 4) is 17.2 Å². The smallest absolute Gasteiger partial charge is 0.291 e. The van der Waals surface area contributed by atoms with E-state index in [0.717, 1.165) is 0 Å². The van der Waals surface area contributed by atoms with Crippen LogP contribution in [0.15, 0.2) is 29.5 Å². The van der Waals surface area contributed by atoms with E-state index in [-0.39, 0.29) is 5.69 Å². The van der Waals surface area contributed by atoms with Crippen molar-refractivity contribution in [2.75, 3.05) is 21.3 Å². The zero-order valence-corrected chi connectivity index (χ0v) is 13.4. The molecule has 1 N–H and O–H groups in total. The third kappa shape index (κ3) is 3.79. The first-order valence-electron chi connectivity index (χ1n) is 6.72. The van der Waals surface area contributed by atoms with Crippen LogP contribution in [-0.4, -0.2) is 43.2 Å². The van der Waals surface area contributed by atoms with E-state index >= 15 is 0 Å². The molecule has 0 aliphatic carbocycles. The second-order valence-corrected chi connectivity index (χ2v) is 4.53. The number of hydrogen-bond acceptors (Lipinski definition) is 6. The molecule has 0 fully saturated rings. The highest BCUT2D eigenvalue weighted by Gasteiger charge is 2.12. The molecule has 0 atom stereocenters. The second kappa shape index (κ2) is 7.30. The standard InChI is InChI=1S/C15H18N4O4/c1-19-6-5-11(18-19)15(20)17-16-9-10-7-12(21-2)14(23-4)13(8-10)22-3/h5-9H,1-4H3,(H,17,20)/b16-9+. The Balaban J connectivity index is 2.14. The summed E-state index contributed by atoms with van der Waals surface area (Å²) < 4.78 is 17.3. The molecule has 0 unspecified atom stereocenters. The van der Waals surface area contributed by atoms with E-state index in [1.807, 2.05) is 0 Å². The first-order valence-corrected chi connectivity index (χ1v) is 6.72. The number of carbonyl (C=O) groups is 1. The van der Waals surface area contributed by atoms with Crippen molar-refractivity contribution in [1.82, 2.24) is 15.2 Å². The zero-order chi connectivity index (χ0) is 16.8. The normalized spacial score (nSPS) is 10.6. The highest BCUT2D eigenvalue weighted by atomic mass is 16.5. The topological polar surface area (TPSA) is 87.0 Å². The van der Waals surface area contributed by atoms with Gasteiger partial charge in [-0.05, 0) is 18.2 Å². The van der Waals surface area contributed by atoms with Gasteiger partial charge in [0.15, 0.2) is 17.2 Å². The lowest BCUT2D eigenvalue weighted by Crippen LogP contribution is -2.18. The number of benzene rings is 1. The Labute approximate surface area is 133 Å². The first-order chi connectivity index (χ1) is 11.1. The van der Waals surface area contributed by atoms with Crippen molar-refractivity contribution in [2.45, 2.75) is 0 Å². The third-order valence-corrected chi connectivity index (χ3v) is 3.01. The summed E-state index contributed by atoms with van der Waals surface area (Å²) in [6.07, 6.45) is 3.16. The molecule has 23 heavy (non-hydrogen) atoms. The Morgan fingerprint density at radius 2 is 1.87 bits per heavy atom. The van der Waals surface area contributed by atoms with Crippen molar-refractivity contribution >= 4 is 12.1 Å². The van der Waals surface area contributed by atoms with Gasteiger partial charge in [-0.25, -0.2) is 5.43 Å². The maximum absolute atomic E-state index is 11.8. The average Bonchev–Trinajstić information content (AvgIpc) is 3.00. The van der Waals surface area contributed by atoms with Crippen molar-refractivity contribution in [1.29, 1.82) is 0 Å². The molecular weight excluding hydrogens is 300 g/mol. The maximum atomic E-state index is 11.8. The van der Waals surface area contributed by atoms with E-state index < -0.39 is 5.91 Å². The Bertz CT molecular complexity index is 699. The van der Waals surface area contributed by atoms with Gasteiger partial charge in [0.25, 0.3) is 5.91 Å². The van der Waals surface area contributed by atoms with Gasteiger partial charge < -0.3 is 14.2 Å². The number of nitrogens with one attached hydrogen (secondary N) is 1. The first kappa shape index (κ1) is 16.3. The molecule has 0 bridgehead atoms. The minimum Gasteiger partial charge on any atom is -0.493 e. The van der Waals surface area contributed by atoms with Gasteiger partial charge in [-0.15, -0.1) is 0 Å². The summed E-state index contributed by atoms with van der Waals surface area (Å²) in [6, 6.07) is 5.04. The SMILES string of the molecule is COc1cc(/C=N/NC(=O)c2ccn(C)n2)cc(OC)c1OC. The number of aryl methyl sites for hydroxylation is 1. The van der Waals surface area contributed by atoms with Crippen LogP contribution < -0.4 is 19.6 Å². The van der Waals surface area contributed by atoms with Gasteiger partial charge in [-0.2, -0.15) is 10.2 Å². The molecule has 0 saturated heterocycles. The van der Waals surface area contributed by atoms with Crippen LogP contribution in [0.1, 0.15) is 16.1 Å². The van der Waals surface area contributed by atoms with Crippen LogP contribution in [0.5, 0.6) is 17.2 Å². The van der Waals surface area contributed by atoms with Crippen molar-refractivity contribution in [2.24, 2.45) is 12.1 Å². The predicted molar refractivity (Wildman–Crippen MR) is 84.4 cm³/mol. The Hall–Kier alpha value is -3.03. The van der Waals surface area contributed by atoms with Gasteiger partial charge in [-0.3, -0.25) is 9.48 Å². The molecule has 8 nitrogen and oxygen atoms in total. The van der Waals surface area contributed by atoms with Gasteiger partial charge in [-0.1, -0.05) is 0 Å². The number of ether oxygens (including phenoxy) is 3. The van der Waals surface area contributed by atoms with Crippen LogP contribution in [0.4, 0.5) is 0 Å². The van der Waals surface area contributed by atoms with E-state index in [0.29, 0.717) is 22.8 Å². The molecule has 1 aromatic heterocycles. The molecule has 0 aliphatic rings. The van der Waals surface area contributed by atoms with Crippen molar-refractivity contribution in [3.63, 3.8) is 0 Å². The monoisotopic (exact) mass is 318 g/mol. The molecular formula is C15H18N4O4. The van der Waals surface area contributed by atoms with Crippen LogP contribution >= 0.6 is 0 Å². The Morgan fingerprint density at radius 3 is 2.35 bits per heavy atom. The van der Waals surface area contributed by atoms with E-state index in [4.69, 9.17) is 14.2 Å². The van der Waals surface area contributed by atoms with E-state index in [2.05, 4.69) is 15.6 Å². The molecule has 0 saturated carbocycles. The summed E-state index contributed by atoms with van der Waals surface area (Å²) in [4.78, 5) is 11.8. The molecule has 0 aliphatic heterocycles. The number of aromatic nitrogens is 2. The molecule has 122 valence electrons. The van der Waals surface area contributed by atoms with Crippen molar-refractivity contribution < 1.29 is 19.0 Å². The number of hydrogen-bond donors (Lipinski definition) is 1. The van der Waals surface area contributed by atoms with Crippen LogP contribution in [-0.2, 0) is 7.05 Å². The number of carbonyl (C=O) groups excluding carboxylic acids is 1. The van der Waals surface area contributed by atoms with Crippen LogP contribution in [0.2, 0.25) is 0 Å². The summed E-state index contributed by atoms with van der Waals surface area (Å²) >= 11 is 0. The average molecular weight is 318 g/mol. The lowest BCUT2D eigenvalue weighted by molar-refractivity contribution is 0.0949. The summed E-state index contributed by atoms with van der Waals surface area (Å²) in [6.45, 7) is 0. The molecule has 8 heteroatoms.